The van der Waals surface area contributed by atoms with E-state index in [1.165, 1.54) is 0 Å². The normalized spacial score (nSPS) is 13.9. The van der Waals surface area contributed by atoms with Crippen LogP contribution in [0.3, 0.4) is 0 Å². The summed E-state index contributed by atoms with van der Waals surface area (Å²) in [5.74, 6) is -0.403. The predicted octanol–water partition coefficient (Wildman–Crippen LogP) is 1.03. The highest BCUT2D eigenvalue weighted by atomic mass is 16.5. The third kappa shape index (κ3) is 4.30. The maximum atomic E-state index is 11.9. The van der Waals surface area contributed by atoms with E-state index in [-0.39, 0.29) is 0 Å². The number of likely N-dealkylation sites (N-methyl/N-ethyl adjacent to an activating group) is 1. The molecule has 1 rings (SSSR count). The predicted molar refractivity (Wildman–Crippen MR) is 78.3 cm³/mol. The Morgan fingerprint density at radius 1 is 1.20 bits per heavy atom. The fourth-order valence-electron chi connectivity index (χ4n) is 2.11. The van der Waals surface area contributed by atoms with Gasteiger partial charge in [-0.2, -0.15) is 0 Å². The highest BCUT2D eigenvalue weighted by Gasteiger charge is 2.36. The van der Waals surface area contributed by atoms with Crippen LogP contribution in [0.15, 0.2) is 30.3 Å². The van der Waals surface area contributed by atoms with Crippen LogP contribution in [0.25, 0.3) is 0 Å². The summed E-state index contributed by atoms with van der Waals surface area (Å²) in [6.45, 7) is 4.13. The summed E-state index contributed by atoms with van der Waals surface area (Å²) in [6, 6.07) is 9.47. The van der Waals surface area contributed by atoms with Crippen molar-refractivity contribution in [3.8, 4) is 0 Å². The van der Waals surface area contributed by atoms with Gasteiger partial charge in [-0.25, -0.2) is 0 Å². The van der Waals surface area contributed by atoms with E-state index < -0.39 is 11.4 Å². The molecule has 0 heterocycles. The van der Waals surface area contributed by atoms with Crippen molar-refractivity contribution in [3.05, 3.63) is 35.9 Å². The Morgan fingerprint density at radius 3 is 2.40 bits per heavy atom. The van der Waals surface area contributed by atoms with Crippen molar-refractivity contribution in [2.45, 2.75) is 18.9 Å². The van der Waals surface area contributed by atoms with E-state index in [1.54, 1.807) is 7.05 Å². The summed E-state index contributed by atoms with van der Waals surface area (Å²) in [5.41, 5.74) is 5.55. The van der Waals surface area contributed by atoms with Crippen LogP contribution < -0.4 is 11.1 Å². The molecule has 1 atom stereocenters. The van der Waals surface area contributed by atoms with Gasteiger partial charge >= 0.3 is 0 Å². The molecule has 5 nitrogen and oxygen atoms in total. The number of amides is 1. The lowest BCUT2D eigenvalue weighted by atomic mass is 9.86. The topological polar surface area (TPSA) is 73.6 Å². The smallest absolute Gasteiger partial charge is 0.242 e. The van der Waals surface area contributed by atoms with Crippen LogP contribution in [0.1, 0.15) is 18.9 Å². The van der Waals surface area contributed by atoms with E-state index in [1.807, 2.05) is 37.3 Å². The monoisotopic (exact) mass is 280 g/mol. The van der Waals surface area contributed by atoms with E-state index >= 15 is 0 Å². The molecule has 0 saturated carbocycles. The lowest BCUT2D eigenvalue weighted by molar-refractivity contribution is -0.125. The molecule has 0 aliphatic rings. The Bertz CT molecular complexity index is 397. The van der Waals surface area contributed by atoms with Gasteiger partial charge in [0.15, 0.2) is 0 Å². The largest absolute Gasteiger partial charge is 0.379 e. The number of carbonyl (C=O) groups is 1. The molecule has 0 radical (unpaired) electrons. The molecule has 0 saturated heterocycles. The summed E-state index contributed by atoms with van der Waals surface area (Å²) in [5, 5.41) is 3.05. The van der Waals surface area contributed by atoms with Crippen LogP contribution in [0.2, 0.25) is 0 Å². The summed E-state index contributed by atoms with van der Waals surface area (Å²) in [4.78, 5) is 11.9. The van der Waals surface area contributed by atoms with Gasteiger partial charge in [-0.1, -0.05) is 30.3 Å². The van der Waals surface area contributed by atoms with Crippen molar-refractivity contribution in [1.29, 1.82) is 0 Å². The van der Waals surface area contributed by atoms with Crippen molar-refractivity contribution >= 4 is 5.91 Å². The number of nitrogens with two attached hydrogens (primary N) is 1. The van der Waals surface area contributed by atoms with Crippen molar-refractivity contribution in [2.75, 3.05) is 33.5 Å². The average Bonchev–Trinajstić information content (AvgIpc) is 2.47. The number of benzene rings is 1. The van der Waals surface area contributed by atoms with Crippen LogP contribution in [0.4, 0.5) is 0 Å². The Hall–Kier alpha value is -1.43. The van der Waals surface area contributed by atoms with Crippen molar-refractivity contribution in [1.82, 2.24) is 5.32 Å². The Kier molecular flexibility index (Phi) is 7.22. The number of primary amides is 1. The van der Waals surface area contributed by atoms with Crippen molar-refractivity contribution in [2.24, 2.45) is 5.73 Å². The van der Waals surface area contributed by atoms with Crippen molar-refractivity contribution < 1.29 is 14.3 Å². The van der Waals surface area contributed by atoms with Gasteiger partial charge in [0.25, 0.3) is 0 Å². The van der Waals surface area contributed by atoms with E-state index in [9.17, 15) is 4.79 Å². The van der Waals surface area contributed by atoms with E-state index in [0.29, 0.717) is 32.8 Å². The first-order chi connectivity index (χ1) is 9.67. The summed E-state index contributed by atoms with van der Waals surface area (Å²) < 4.78 is 10.7. The number of ether oxygens (including phenoxy) is 2. The van der Waals surface area contributed by atoms with E-state index in [2.05, 4.69) is 5.32 Å². The van der Waals surface area contributed by atoms with E-state index in [4.69, 9.17) is 15.2 Å². The maximum absolute atomic E-state index is 11.9. The van der Waals surface area contributed by atoms with Crippen LogP contribution in [0, 0.1) is 0 Å². The zero-order chi connectivity index (χ0) is 14.8. The molecule has 3 N–H and O–H groups in total. The highest BCUT2D eigenvalue weighted by Crippen LogP contribution is 2.24. The number of nitrogens with one attached hydrogen (secondary N) is 1. The molecular formula is C15H24N2O3. The second kappa shape index (κ2) is 8.68. The quantitative estimate of drug-likeness (QED) is 0.628. The fourth-order valence-corrected chi connectivity index (χ4v) is 2.11. The minimum Gasteiger partial charge on any atom is -0.379 e. The molecule has 1 aromatic rings. The van der Waals surface area contributed by atoms with Gasteiger partial charge < -0.3 is 20.5 Å². The first-order valence-electron chi connectivity index (χ1n) is 6.87. The SMILES string of the molecule is CCOCCOCCC(NC)(C(N)=O)c1ccccc1. The second-order valence-electron chi connectivity index (χ2n) is 4.44. The first-order valence-corrected chi connectivity index (χ1v) is 6.87. The van der Waals surface area contributed by atoms with Gasteiger partial charge in [0.1, 0.15) is 5.54 Å². The molecule has 0 bridgehead atoms. The van der Waals surface area contributed by atoms with Crippen LogP contribution in [-0.2, 0) is 19.8 Å². The molecule has 1 amide bonds. The molecular weight excluding hydrogens is 256 g/mol. The van der Waals surface area contributed by atoms with Crippen molar-refractivity contribution in [3.63, 3.8) is 0 Å². The molecule has 5 heteroatoms. The number of rotatable bonds is 10. The summed E-state index contributed by atoms with van der Waals surface area (Å²) >= 11 is 0. The van der Waals surface area contributed by atoms with E-state index in [0.717, 1.165) is 5.56 Å². The Labute approximate surface area is 120 Å². The van der Waals surface area contributed by atoms with Crippen LogP contribution in [-0.4, -0.2) is 39.4 Å². The Balaban J connectivity index is 2.64. The molecule has 0 aliphatic carbocycles. The maximum Gasteiger partial charge on any atom is 0.242 e. The minimum absolute atomic E-state index is 0.403. The Morgan fingerprint density at radius 2 is 1.85 bits per heavy atom. The lowest BCUT2D eigenvalue weighted by Gasteiger charge is -2.30. The van der Waals surface area contributed by atoms with Gasteiger partial charge in [0.05, 0.1) is 13.2 Å². The number of carbonyl (C=O) groups excluding carboxylic acids is 1. The van der Waals surface area contributed by atoms with Gasteiger partial charge in [0, 0.05) is 19.6 Å². The van der Waals surface area contributed by atoms with Gasteiger partial charge in [0.2, 0.25) is 5.91 Å². The number of hydrogen-bond donors (Lipinski definition) is 2. The molecule has 0 fully saturated rings. The molecule has 0 spiro atoms. The summed E-state index contributed by atoms with van der Waals surface area (Å²) in [7, 11) is 1.73. The van der Waals surface area contributed by atoms with Gasteiger partial charge in [-0.15, -0.1) is 0 Å². The second-order valence-corrected chi connectivity index (χ2v) is 4.44. The molecule has 0 aliphatic heterocycles. The average molecular weight is 280 g/mol. The molecule has 0 aromatic heterocycles. The zero-order valence-corrected chi connectivity index (χ0v) is 12.2. The fraction of sp³-hybridized carbons (Fsp3) is 0.533. The standard InChI is InChI=1S/C15H24N2O3/c1-3-19-11-12-20-10-9-15(17-2,14(16)18)13-7-5-4-6-8-13/h4-8,17H,3,9-12H2,1-2H3,(H2,16,18). The molecule has 20 heavy (non-hydrogen) atoms. The molecule has 1 unspecified atom stereocenters. The van der Waals surface area contributed by atoms with Crippen LogP contribution in [0.5, 0.6) is 0 Å². The minimum atomic E-state index is -0.896. The van der Waals surface area contributed by atoms with Gasteiger partial charge in [-0.05, 0) is 19.5 Å². The highest BCUT2D eigenvalue weighted by molar-refractivity contribution is 5.86. The zero-order valence-electron chi connectivity index (χ0n) is 12.2. The third-order valence-electron chi connectivity index (χ3n) is 3.31. The lowest BCUT2D eigenvalue weighted by Crippen LogP contribution is -2.51. The summed E-state index contributed by atoms with van der Waals surface area (Å²) in [6.07, 6.45) is 0.481. The third-order valence-corrected chi connectivity index (χ3v) is 3.31. The molecule has 1 aromatic carbocycles. The number of hydrogen-bond acceptors (Lipinski definition) is 4. The van der Waals surface area contributed by atoms with Crippen LogP contribution >= 0.6 is 0 Å². The van der Waals surface area contributed by atoms with Gasteiger partial charge in [-0.3, -0.25) is 4.79 Å². The first kappa shape index (κ1) is 16.6. The molecule has 112 valence electrons.